The molecule has 1 heterocycles. The summed E-state index contributed by atoms with van der Waals surface area (Å²) in [7, 11) is 0. The Morgan fingerprint density at radius 1 is 1.62 bits per heavy atom. The van der Waals surface area contributed by atoms with E-state index in [0.29, 0.717) is 19.3 Å². The molecular formula is C8H16N2O3. The van der Waals surface area contributed by atoms with Crippen molar-refractivity contribution in [2.75, 3.05) is 19.9 Å². The molecule has 0 bridgehead atoms. The molecule has 0 amide bonds. The van der Waals surface area contributed by atoms with Gasteiger partial charge in [-0.1, -0.05) is 0 Å². The third-order valence-corrected chi connectivity index (χ3v) is 2.38. The number of nitrogens with zero attached hydrogens (tertiary/aromatic N) is 2. The van der Waals surface area contributed by atoms with Crippen molar-refractivity contribution in [2.24, 2.45) is 0 Å². The summed E-state index contributed by atoms with van der Waals surface area (Å²) in [6.07, 6.45) is 0. The highest BCUT2D eigenvalue weighted by Gasteiger charge is 2.43. The van der Waals surface area contributed by atoms with E-state index in [1.807, 2.05) is 18.7 Å². The Morgan fingerprint density at radius 3 is 2.69 bits per heavy atom. The summed E-state index contributed by atoms with van der Waals surface area (Å²) < 4.78 is 5.20. The van der Waals surface area contributed by atoms with Crippen LogP contribution in [-0.4, -0.2) is 41.3 Å². The summed E-state index contributed by atoms with van der Waals surface area (Å²) >= 11 is 0. The van der Waals surface area contributed by atoms with Gasteiger partial charge >= 0.3 is 0 Å². The molecule has 5 nitrogen and oxygen atoms in total. The monoisotopic (exact) mass is 188 g/mol. The van der Waals surface area contributed by atoms with Crippen LogP contribution in [0.25, 0.3) is 0 Å². The smallest absolute Gasteiger partial charge is 0.254 e. The molecule has 0 aromatic carbocycles. The minimum atomic E-state index is -0.942. The SMILES string of the molecule is CC(C)N1COCC(C)([N+](=O)[O-])C1. The molecule has 1 saturated heterocycles. The summed E-state index contributed by atoms with van der Waals surface area (Å²) in [5.41, 5.74) is -0.942. The summed E-state index contributed by atoms with van der Waals surface area (Å²) in [5.74, 6) is 0. The zero-order valence-electron chi connectivity index (χ0n) is 8.32. The lowest BCUT2D eigenvalue weighted by Crippen LogP contribution is -2.56. The number of rotatable bonds is 2. The zero-order chi connectivity index (χ0) is 10.1. The number of ether oxygens (including phenoxy) is 1. The molecule has 0 spiro atoms. The Kier molecular flexibility index (Phi) is 2.87. The van der Waals surface area contributed by atoms with Gasteiger partial charge in [0.05, 0.1) is 13.3 Å². The quantitative estimate of drug-likeness (QED) is 0.473. The van der Waals surface area contributed by atoms with Crippen molar-refractivity contribution in [1.29, 1.82) is 0 Å². The first-order chi connectivity index (χ1) is 5.96. The molecule has 0 N–H and O–H groups in total. The van der Waals surface area contributed by atoms with Crippen LogP contribution in [0.5, 0.6) is 0 Å². The van der Waals surface area contributed by atoms with Crippen molar-refractivity contribution in [3.63, 3.8) is 0 Å². The van der Waals surface area contributed by atoms with Crippen LogP contribution >= 0.6 is 0 Å². The molecule has 76 valence electrons. The number of hydrogen-bond donors (Lipinski definition) is 0. The predicted octanol–water partition coefficient (Wildman–Crippen LogP) is 0.720. The number of nitro groups is 1. The first kappa shape index (κ1) is 10.4. The van der Waals surface area contributed by atoms with E-state index >= 15 is 0 Å². The highest BCUT2D eigenvalue weighted by Crippen LogP contribution is 2.18. The lowest BCUT2D eigenvalue weighted by Gasteiger charge is -2.36. The molecule has 0 saturated carbocycles. The van der Waals surface area contributed by atoms with Gasteiger partial charge in [0.1, 0.15) is 6.61 Å². The highest BCUT2D eigenvalue weighted by molar-refractivity contribution is 4.82. The van der Waals surface area contributed by atoms with E-state index in [-0.39, 0.29) is 11.5 Å². The fourth-order valence-corrected chi connectivity index (χ4v) is 1.35. The van der Waals surface area contributed by atoms with Gasteiger partial charge in [-0.25, -0.2) is 0 Å². The lowest BCUT2D eigenvalue weighted by molar-refractivity contribution is -0.576. The molecule has 0 aliphatic carbocycles. The standard InChI is InChI=1S/C8H16N2O3/c1-7(2)9-4-8(3,10(11)12)5-13-6-9/h7H,4-6H2,1-3H3. The van der Waals surface area contributed by atoms with Crippen LogP contribution in [0.2, 0.25) is 0 Å². The van der Waals surface area contributed by atoms with Crippen molar-refractivity contribution in [3.8, 4) is 0 Å². The summed E-state index contributed by atoms with van der Waals surface area (Å²) in [6, 6.07) is 0.291. The molecule has 1 fully saturated rings. The molecule has 0 radical (unpaired) electrons. The highest BCUT2D eigenvalue weighted by atomic mass is 16.6. The van der Waals surface area contributed by atoms with Gasteiger partial charge in [0.2, 0.25) is 0 Å². The van der Waals surface area contributed by atoms with Crippen molar-refractivity contribution >= 4 is 0 Å². The molecular weight excluding hydrogens is 172 g/mol. The molecule has 1 rings (SSSR count). The van der Waals surface area contributed by atoms with Crippen LogP contribution in [-0.2, 0) is 4.74 Å². The third kappa shape index (κ3) is 2.16. The van der Waals surface area contributed by atoms with Gasteiger partial charge in [0, 0.05) is 17.9 Å². The van der Waals surface area contributed by atoms with Crippen LogP contribution in [0.3, 0.4) is 0 Å². The van der Waals surface area contributed by atoms with E-state index < -0.39 is 5.54 Å². The van der Waals surface area contributed by atoms with Gasteiger partial charge in [-0.05, 0) is 13.8 Å². The van der Waals surface area contributed by atoms with Crippen LogP contribution in [0, 0.1) is 10.1 Å². The summed E-state index contributed by atoms with van der Waals surface area (Å²) in [6.45, 7) is 6.83. The minimum absolute atomic E-state index is 0.212. The number of hydrogen-bond acceptors (Lipinski definition) is 4. The molecule has 13 heavy (non-hydrogen) atoms. The molecule has 1 aliphatic heterocycles. The third-order valence-electron chi connectivity index (χ3n) is 2.38. The Balaban J connectivity index is 2.65. The van der Waals surface area contributed by atoms with Crippen LogP contribution in [0.1, 0.15) is 20.8 Å². The van der Waals surface area contributed by atoms with Crippen LogP contribution in [0.4, 0.5) is 0 Å². The van der Waals surface area contributed by atoms with Crippen molar-refractivity contribution in [1.82, 2.24) is 4.90 Å². The van der Waals surface area contributed by atoms with E-state index in [1.165, 1.54) is 0 Å². The van der Waals surface area contributed by atoms with E-state index in [1.54, 1.807) is 6.92 Å². The van der Waals surface area contributed by atoms with Gasteiger partial charge < -0.3 is 4.74 Å². The maximum Gasteiger partial charge on any atom is 0.254 e. The van der Waals surface area contributed by atoms with E-state index in [0.717, 1.165) is 0 Å². The summed E-state index contributed by atoms with van der Waals surface area (Å²) in [5, 5.41) is 10.7. The Labute approximate surface area is 77.8 Å². The van der Waals surface area contributed by atoms with Gasteiger partial charge in [-0.3, -0.25) is 15.0 Å². The Morgan fingerprint density at radius 2 is 2.23 bits per heavy atom. The normalized spacial score (nSPS) is 30.8. The van der Waals surface area contributed by atoms with E-state index in [2.05, 4.69) is 0 Å². The fourth-order valence-electron chi connectivity index (χ4n) is 1.35. The topological polar surface area (TPSA) is 55.6 Å². The minimum Gasteiger partial charge on any atom is -0.359 e. The molecule has 1 atom stereocenters. The second-order valence-electron chi connectivity index (χ2n) is 4.07. The average molecular weight is 188 g/mol. The second-order valence-corrected chi connectivity index (χ2v) is 4.07. The van der Waals surface area contributed by atoms with Gasteiger partial charge in [0.25, 0.3) is 5.54 Å². The van der Waals surface area contributed by atoms with E-state index in [9.17, 15) is 10.1 Å². The second kappa shape index (κ2) is 3.59. The zero-order valence-corrected chi connectivity index (χ0v) is 8.32. The van der Waals surface area contributed by atoms with Crippen molar-refractivity contribution in [2.45, 2.75) is 32.4 Å². The van der Waals surface area contributed by atoms with Crippen LogP contribution < -0.4 is 0 Å². The Hall–Kier alpha value is -0.680. The first-order valence-corrected chi connectivity index (χ1v) is 4.42. The molecule has 1 unspecified atom stereocenters. The molecule has 5 heteroatoms. The largest absolute Gasteiger partial charge is 0.359 e. The van der Waals surface area contributed by atoms with Gasteiger partial charge in [-0.2, -0.15) is 0 Å². The lowest BCUT2D eigenvalue weighted by atomic mass is 10.0. The molecule has 0 aromatic rings. The summed E-state index contributed by atoms with van der Waals surface area (Å²) in [4.78, 5) is 12.5. The maximum atomic E-state index is 10.7. The van der Waals surface area contributed by atoms with Crippen molar-refractivity contribution in [3.05, 3.63) is 10.1 Å². The van der Waals surface area contributed by atoms with E-state index in [4.69, 9.17) is 4.74 Å². The Bertz CT molecular complexity index is 208. The fraction of sp³-hybridized carbons (Fsp3) is 1.00. The van der Waals surface area contributed by atoms with Crippen molar-refractivity contribution < 1.29 is 9.66 Å². The maximum absolute atomic E-state index is 10.7. The van der Waals surface area contributed by atoms with Crippen LogP contribution in [0.15, 0.2) is 0 Å². The first-order valence-electron chi connectivity index (χ1n) is 4.42. The van der Waals surface area contributed by atoms with Gasteiger partial charge in [-0.15, -0.1) is 0 Å². The molecule has 1 aliphatic rings. The van der Waals surface area contributed by atoms with Gasteiger partial charge in [0.15, 0.2) is 0 Å². The predicted molar refractivity (Wildman–Crippen MR) is 48.1 cm³/mol. The molecule has 0 aromatic heterocycles. The average Bonchev–Trinajstić information content (AvgIpc) is 2.04.